The average Bonchev–Trinajstić information content (AvgIpc) is 2.28. The van der Waals surface area contributed by atoms with Crippen molar-refractivity contribution in [3.8, 4) is 0 Å². The largest absolute Gasteiger partial charge is 0.465 e. The van der Waals surface area contributed by atoms with Crippen LogP contribution in [0.3, 0.4) is 0 Å². The van der Waals surface area contributed by atoms with E-state index in [0.717, 1.165) is 6.54 Å². The summed E-state index contributed by atoms with van der Waals surface area (Å²) in [6, 6.07) is 8.57. The van der Waals surface area contributed by atoms with Gasteiger partial charge in [0.2, 0.25) is 0 Å². The van der Waals surface area contributed by atoms with E-state index in [1.165, 1.54) is 11.1 Å². The van der Waals surface area contributed by atoms with Crippen molar-refractivity contribution in [3.05, 3.63) is 35.4 Å². The van der Waals surface area contributed by atoms with Crippen LogP contribution >= 0.6 is 0 Å². The van der Waals surface area contributed by atoms with Gasteiger partial charge in [-0.05, 0) is 30.5 Å². The maximum absolute atomic E-state index is 11.4. The van der Waals surface area contributed by atoms with Gasteiger partial charge in [-0.25, -0.2) is 0 Å². The SMILES string of the molecule is CCOC(=O)CN(C)Cc1ccc(C(C)(C)C)cc1. The van der Waals surface area contributed by atoms with Crippen LogP contribution in [0, 0.1) is 0 Å². The van der Waals surface area contributed by atoms with Crippen LogP contribution in [0.5, 0.6) is 0 Å². The molecule has 3 heteroatoms. The van der Waals surface area contributed by atoms with Gasteiger partial charge < -0.3 is 4.74 Å². The highest BCUT2D eigenvalue weighted by atomic mass is 16.5. The molecule has 0 bridgehead atoms. The Bertz CT molecular complexity index is 404. The molecule has 0 aromatic heterocycles. The number of carbonyl (C=O) groups is 1. The Balaban J connectivity index is 2.56. The van der Waals surface area contributed by atoms with Gasteiger partial charge >= 0.3 is 5.97 Å². The molecule has 0 spiro atoms. The van der Waals surface area contributed by atoms with Gasteiger partial charge in [0.05, 0.1) is 13.2 Å². The number of hydrogen-bond acceptors (Lipinski definition) is 3. The summed E-state index contributed by atoms with van der Waals surface area (Å²) >= 11 is 0. The first-order valence-electron chi connectivity index (χ1n) is 6.76. The van der Waals surface area contributed by atoms with Crippen molar-refractivity contribution in [1.82, 2.24) is 4.90 Å². The minimum atomic E-state index is -0.170. The molecule has 3 nitrogen and oxygen atoms in total. The van der Waals surface area contributed by atoms with Crippen molar-refractivity contribution in [2.45, 2.75) is 39.7 Å². The predicted octanol–water partition coefficient (Wildman–Crippen LogP) is 2.98. The van der Waals surface area contributed by atoms with E-state index in [1.807, 2.05) is 18.9 Å². The summed E-state index contributed by atoms with van der Waals surface area (Å²) in [5.41, 5.74) is 2.71. The molecular formula is C16H25NO2. The van der Waals surface area contributed by atoms with E-state index in [2.05, 4.69) is 45.0 Å². The lowest BCUT2D eigenvalue weighted by atomic mass is 9.87. The van der Waals surface area contributed by atoms with Crippen LogP contribution in [0.1, 0.15) is 38.8 Å². The molecule has 0 atom stereocenters. The first-order valence-corrected chi connectivity index (χ1v) is 6.76. The molecule has 0 heterocycles. The standard InChI is InChI=1S/C16H25NO2/c1-6-19-15(18)12-17(5)11-13-7-9-14(10-8-13)16(2,3)4/h7-10H,6,11-12H2,1-5H3. The fraction of sp³-hybridized carbons (Fsp3) is 0.562. The maximum Gasteiger partial charge on any atom is 0.320 e. The number of rotatable bonds is 5. The van der Waals surface area contributed by atoms with Gasteiger partial charge in [-0.15, -0.1) is 0 Å². The summed E-state index contributed by atoms with van der Waals surface area (Å²) in [5, 5.41) is 0. The molecule has 0 amide bonds. The van der Waals surface area contributed by atoms with Crippen LogP contribution < -0.4 is 0 Å². The molecule has 0 unspecified atom stereocenters. The highest BCUT2D eigenvalue weighted by Gasteiger charge is 2.13. The minimum absolute atomic E-state index is 0.170. The minimum Gasteiger partial charge on any atom is -0.465 e. The number of ether oxygens (including phenoxy) is 1. The van der Waals surface area contributed by atoms with Crippen molar-refractivity contribution < 1.29 is 9.53 Å². The third-order valence-electron chi connectivity index (χ3n) is 2.98. The number of likely N-dealkylation sites (N-methyl/N-ethyl adjacent to an activating group) is 1. The Labute approximate surface area is 116 Å². The smallest absolute Gasteiger partial charge is 0.320 e. The molecule has 19 heavy (non-hydrogen) atoms. The number of benzene rings is 1. The molecule has 0 saturated heterocycles. The zero-order chi connectivity index (χ0) is 14.5. The first-order chi connectivity index (χ1) is 8.82. The fourth-order valence-electron chi connectivity index (χ4n) is 1.90. The lowest BCUT2D eigenvalue weighted by molar-refractivity contribution is -0.144. The van der Waals surface area contributed by atoms with Crippen LogP contribution in [0.2, 0.25) is 0 Å². The van der Waals surface area contributed by atoms with Crippen LogP contribution in [0.25, 0.3) is 0 Å². The van der Waals surface area contributed by atoms with E-state index in [1.54, 1.807) is 0 Å². The highest BCUT2D eigenvalue weighted by molar-refractivity contribution is 5.71. The monoisotopic (exact) mass is 263 g/mol. The summed E-state index contributed by atoms with van der Waals surface area (Å²) in [4.78, 5) is 13.3. The fourth-order valence-corrected chi connectivity index (χ4v) is 1.90. The molecule has 1 aromatic carbocycles. The van der Waals surface area contributed by atoms with Gasteiger partial charge in [-0.1, -0.05) is 45.0 Å². The molecule has 0 radical (unpaired) electrons. The Hall–Kier alpha value is -1.35. The molecule has 1 aromatic rings. The van der Waals surface area contributed by atoms with Crippen molar-refractivity contribution in [3.63, 3.8) is 0 Å². The molecule has 1 rings (SSSR count). The third-order valence-corrected chi connectivity index (χ3v) is 2.98. The van der Waals surface area contributed by atoms with Crippen molar-refractivity contribution in [2.75, 3.05) is 20.2 Å². The van der Waals surface area contributed by atoms with Gasteiger partial charge in [0, 0.05) is 6.54 Å². The van der Waals surface area contributed by atoms with E-state index in [0.29, 0.717) is 13.2 Å². The van der Waals surface area contributed by atoms with Gasteiger partial charge in [-0.3, -0.25) is 9.69 Å². The van der Waals surface area contributed by atoms with Crippen molar-refractivity contribution in [1.29, 1.82) is 0 Å². The summed E-state index contributed by atoms with van der Waals surface area (Å²) in [6.45, 7) is 9.95. The van der Waals surface area contributed by atoms with Crippen LogP contribution in [0.4, 0.5) is 0 Å². The van der Waals surface area contributed by atoms with Crippen molar-refractivity contribution in [2.24, 2.45) is 0 Å². The van der Waals surface area contributed by atoms with E-state index in [-0.39, 0.29) is 11.4 Å². The Morgan fingerprint density at radius 3 is 2.26 bits per heavy atom. The Morgan fingerprint density at radius 2 is 1.79 bits per heavy atom. The zero-order valence-corrected chi connectivity index (χ0v) is 12.7. The van der Waals surface area contributed by atoms with Gasteiger partial charge in [-0.2, -0.15) is 0 Å². The first kappa shape index (κ1) is 15.7. The maximum atomic E-state index is 11.4. The number of esters is 1. The van der Waals surface area contributed by atoms with E-state index < -0.39 is 0 Å². The van der Waals surface area contributed by atoms with Gasteiger partial charge in [0.1, 0.15) is 0 Å². The molecule has 0 aliphatic rings. The number of carbonyl (C=O) groups excluding carboxylic acids is 1. The Morgan fingerprint density at radius 1 is 1.21 bits per heavy atom. The van der Waals surface area contributed by atoms with E-state index in [4.69, 9.17) is 4.74 Å². The van der Waals surface area contributed by atoms with Crippen molar-refractivity contribution >= 4 is 5.97 Å². The number of nitrogens with zero attached hydrogens (tertiary/aromatic N) is 1. The zero-order valence-electron chi connectivity index (χ0n) is 12.7. The molecule has 0 aliphatic carbocycles. The molecule has 0 fully saturated rings. The summed E-state index contributed by atoms with van der Waals surface area (Å²) in [5.74, 6) is -0.170. The average molecular weight is 263 g/mol. The summed E-state index contributed by atoms with van der Waals surface area (Å²) in [7, 11) is 1.93. The molecular weight excluding hydrogens is 238 g/mol. The number of hydrogen-bond donors (Lipinski definition) is 0. The second-order valence-electron chi connectivity index (χ2n) is 5.92. The van der Waals surface area contributed by atoms with Gasteiger partial charge in [0.15, 0.2) is 0 Å². The molecule has 0 saturated carbocycles. The normalized spacial score (nSPS) is 11.7. The van der Waals surface area contributed by atoms with E-state index in [9.17, 15) is 4.79 Å². The topological polar surface area (TPSA) is 29.5 Å². The Kier molecular flexibility index (Phi) is 5.55. The predicted molar refractivity (Wildman–Crippen MR) is 78.1 cm³/mol. The molecule has 0 N–H and O–H groups in total. The second kappa shape index (κ2) is 6.71. The van der Waals surface area contributed by atoms with Gasteiger partial charge in [0.25, 0.3) is 0 Å². The quantitative estimate of drug-likeness (QED) is 0.765. The van der Waals surface area contributed by atoms with E-state index >= 15 is 0 Å². The third kappa shape index (κ3) is 5.43. The molecule has 106 valence electrons. The summed E-state index contributed by atoms with van der Waals surface area (Å²) < 4.78 is 4.93. The second-order valence-corrected chi connectivity index (χ2v) is 5.92. The lowest BCUT2D eigenvalue weighted by Crippen LogP contribution is -2.27. The van der Waals surface area contributed by atoms with Crippen LogP contribution in [0.15, 0.2) is 24.3 Å². The lowest BCUT2D eigenvalue weighted by Gasteiger charge is -2.20. The van der Waals surface area contributed by atoms with Crippen LogP contribution in [-0.2, 0) is 21.5 Å². The highest BCUT2D eigenvalue weighted by Crippen LogP contribution is 2.22. The molecule has 0 aliphatic heterocycles. The van der Waals surface area contributed by atoms with Crippen LogP contribution in [-0.4, -0.2) is 31.1 Å². The summed E-state index contributed by atoms with van der Waals surface area (Å²) in [6.07, 6.45) is 0.